The number of halogens is 3. The Morgan fingerprint density at radius 3 is 2.60 bits per heavy atom. The average molecular weight is 318 g/mol. The number of carboxylic acid groups (broad SMARTS) is 1. The minimum atomic E-state index is -1.50. The number of anilines is 1. The molecule has 0 radical (unpaired) electrons. The topological polar surface area (TPSA) is 49.3 Å². The van der Waals surface area contributed by atoms with E-state index in [9.17, 15) is 13.6 Å². The Bertz CT molecular complexity index is 645. The summed E-state index contributed by atoms with van der Waals surface area (Å²) in [7, 11) is 0. The van der Waals surface area contributed by atoms with Gasteiger partial charge < -0.3 is 10.4 Å². The van der Waals surface area contributed by atoms with Gasteiger partial charge in [-0.2, -0.15) is 0 Å². The largest absolute Gasteiger partial charge is 0.478 e. The van der Waals surface area contributed by atoms with Gasteiger partial charge in [0, 0.05) is 11.4 Å². The maximum Gasteiger partial charge on any atom is 0.338 e. The molecule has 0 unspecified atom stereocenters. The first-order chi connectivity index (χ1) is 9.49. The van der Waals surface area contributed by atoms with Crippen LogP contribution < -0.4 is 5.32 Å². The van der Waals surface area contributed by atoms with Gasteiger partial charge in [0.2, 0.25) is 0 Å². The van der Waals surface area contributed by atoms with Gasteiger partial charge in [-0.05, 0) is 30.7 Å². The molecular formula is C13H10ClF2NO2S. The van der Waals surface area contributed by atoms with E-state index >= 15 is 0 Å². The highest BCUT2D eigenvalue weighted by Gasteiger charge is 2.17. The lowest BCUT2D eigenvalue weighted by Crippen LogP contribution is -2.09. The smallest absolute Gasteiger partial charge is 0.338 e. The van der Waals surface area contributed by atoms with Crippen LogP contribution in [0.3, 0.4) is 0 Å². The number of carbonyl (C=O) groups is 1. The van der Waals surface area contributed by atoms with Crippen molar-refractivity contribution in [2.45, 2.75) is 6.42 Å². The second kappa shape index (κ2) is 6.19. The minimum absolute atomic E-state index is 0.0600. The number of thiophene rings is 1. The summed E-state index contributed by atoms with van der Waals surface area (Å²) in [4.78, 5) is 11.7. The van der Waals surface area contributed by atoms with E-state index in [4.69, 9.17) is 16.7 Å². The van der Waals surface area contributed by atoms with Crippen molar-refractivity contribution in [2.24, 2.45) is 0 Å². The van der Waals surface area contributed by atoms with Gasteiger partial charge in [0.1, 0.15) is 0 Å². The zero-order valence-corrected chi connectivity index (χ0v) is 11.7. The van der Waals surface area contributed by atoms with Gasteiger partial charge in [-0.15, -0.1) is 11.3 Å². The molecular weight excluding hydrogens is 308 g/mol. The van der Waals surface area contributed by atoms with E-state index < -0.39 is 23.2 Å². The molecule has 106 valence electrons. The van der Waals surface area contributed by atoms with Crippen LogP contribution in [0.5, 0.6) is 0 Å². The van der Waals surface area contributed by atoms with Crippen LogP contribution in [0.1, 0.15) is 15.2 Å². The first-order valence-corrected chi connectivity index (χ1v) is 6.88. The van der Waals surface area contributed by atoms with Crippen molar-refractivity contribution in [3.8, 4) is 0 Å². The number of carboxylic acids is 1. The summed E-state index contributed by atoms with van der Waals surface area (Å²) in [6.07, 6.45) is 0.610. The summed E-state index contributed by atoms with van der Waals surface area (Å²) in [5.74, 6) is -4.04. The van der Waals surface area contributed by atoms with Crippen molar-refractivity contribution in [2.75, 3.05) is 11.9 Å². The molecule has 0 atom stereocenters. The summed E-state index contributed by atoms with van der Waals surface area (Å²) in [6, 6.07) is 5.87. The third-order valence-electron chi connectivity index (χ3n) is 2.63. The van der Waals surface area contributed by atoms with Crippen LogP contribution in [-0.4, -0.2) is 17.6 Å². The van der Waals surface area contributed by atoms with E-state index in [-0.39, 0.29) is 5.69 Å². The number of nitrogens with one attached hydrogen (secondary N) is 1. The van der Waals surface area contributed by atoms with E-state index in [1.807, 2.05) is 6.07 Å². The lowest BCUT2D eigenvalue weighted by molar-refractivity contribution is 0.0690. The number of hydrogen-bond acceptors (Lipinski definition) is 3. The molecule has 0 saturated carbocycles. The Morgan fingerprint density at radius 1 is 1.25 bits per heavy atom. The fraction of sp³-hybridized carbons (Fsp3) is 0.154. The maximum absolute atomic E-state index is 13.6. The maximum atomic E-state index is 13.6. The summed E-state index contributed by atoms with van der Waals surface area (Å²) >= 11 is 7.20. The second-order valence-corrected chi connectivity index (χ2v) is 5.78. The predicted octanol–water partition coefficient (Wildman–Crippen LogP) is 4.03. The molecule has 0 amide bonds. The zero-order chi connectivity index (χ0) is 14.7. The molecule has 0 aliphatic heterocycles. The Morgan fingerprint density at radius 2 is 2.00 bits per heavy atom. The van der Waals surface area contributed by atoms with E-state index in [1.165, 1.54) is 17.4 Å². The average Bonchev–Trinajstić information content (AvgIpc) is 2.80. The Hall–Kier alpha value is -1.66. The van der Waals surface area contributed by atoms with Gasteiger partial charge in [-0.25, -0.2) is 13.6 Å². The van der Waals surface area contributed by atoms with Gasteiger partial charge in [0.15, 0.2) is 11.6 Å². The van der Waals surface area contributed by atoms with Gasteiger partial charge in [0.25, 0.3) is 0 Å². The molecule has 0 aliphatic carbocycles. The fourth-order valence-corrected chi connectivity index (χ4v) is 2.74. The second-order valence-electron chi connectivity index (χ2n) is 3.98. The van der Waals surface area contributed by atoms with Gasteiger partial charge in [-0.1, -0.05) is 11.6 Å². The molecule has 3 nitrogen and oxygen atoms in total. The minimum Gasteiger partial charge on any atom is -0.478 e. The van der Waals surface area contributed by atoms with Gasteiger partial charge in [-0.3, -0.25) is 0 Å². The highest BCUT2D eigenvalue weighted by Crippen LogP contribution is 2.23. The molecule has 0 bridgehead atoms. The summed E-state index contributed by atoms with van der Waals surface area (Å²) in [5, 5.41) is 11.4. The molecule has 1 aromatic heterocycles. The van der Waals surface area contributed by atoms with Crippen molar-refractivity contribution >= 4 is 34.6 Å². The van der Waals surface area contributed by atoms with Crippen LogP contribution in [0.25, 0.3) is 0 Å². The molecule has 0 fully saturated rings. The van der Waals surface area contributed by atoms with Gasteiger partial charge >= 0.3 is 5.97 Å². The van der Waals surface area contributed by atoms with Gasteiger partial charge in [0.05, 0.1) is 15.6 Å². The van der Waals surface area contributed by atoms with Crippen molar-refractivity contribution in [1.29, 1.82) is 0 Å². The third kappa shape index (κ3) is 3.26. The number of aromatic carboxylic acids is 1. The Labute approximate surface area is 122 Å². The van der Waals surface area contributed by atoms with Crippen LogP contribution >= 0.6 is 22.9 Å². The van der Waals surface area contributed by atoms with Crippen molar-refractivity contribution in [3.63, 3.8) is 0 Å². The van der Waals surface area contributed by atoms with Crippen LogP contribution in [0.2, 0.25) is 4.34 Å². The molecule has 1 heterocycles. The van der Waals surface area contributed by atoms with E-state index in [1.54, 1.807) is 6.07 Å². The van der Waals surface area contributed by atoms with Crippen LogP contribution in [0.4, 0.5) is 14.5 Å². The quantitative estimate of drug-likeness (QED) is 0.875. The molecule has 0 saturated heterocycles. The Kier molecular flexibility index (Phi) is 4.57. The first kappa shape index (κ1) is 14.7. The molecule has 20 heavy (non-hydrogen) atoms. The summed E-state index contributed by atoms with van der Waals surface area (Å²) < 4.78 is 27.8. The third-order valence-corrected chi connectivity index (χ3v) is 3.92. The van der Waals surface area contributed by atoms with Crippen molar-refractivity contribution < 1.29 is 18.7 Å². The van der Waals surface area contributed by atoms with Crippen LogP contribution in [0, 0.1) is 11.6 Å². The number of rotatable bonds is 5. The Balaban J connectivity index is 2.03. The number of benzene rings is 1. The lowest BCUT2D eigenvalue weighted by Gasteiger charge is -2.08. The summed E-state index contributed by atoms with van der Waals surface area (Å²) in [5.41, 5.74) is -0.742. The highest BCUT2D eigenvalue weighted by molar-refractivity contribution is 7.16. The lowest BCUT2D eigenvalue weighted by atomic mass is 10.2. The van der Waals surface area contributed by atoms with Crippen LogP contribution in [0.15, 0.2) is 24.3 Å². The molecule has 2 rings (SSSR count). The molecule has 7 heteroatoms. The summed E-state index contributed by atoms with van der Waals surface area (Å²) in [6.45, 7) is 0.389. The zero-order valence-electron chi connectivity index (χ0n) is 10.1. The predicted molar refractivity (Wildman–Crippen MR) is 74.8 cm³/mol. The fourth-order valence-electron chi connectivity index (χ4n) is 1.66. The molecule has 2 N–H and O–H groups in total. The van der Waals surface area contributed by atoms with E-state index in [0.717, 1.165) is 10.9 Å². The van der Waals surface area contributed by atoms with Crippen molar-refractivity contribution in [1.82, 2.24) is 0 Å². The SMILES string of the molecule is O=C(O)c1ccc(NCCc2ccc(Cl)s2)c(F)c1F. The van der Waals surface area contributed by atoms with Crippen LogP contribution in [-0.2, 0) is 6.42 Å². The molecule has 0 spiro atoms. The molecule has 1 aromatic carbocycles. The molecule has 0 aliphatic rings. The van der Waals surface area contributed by atoms with E-state index in [0.29, 0.717) is 17.3 Å². The first-order valence-electron chi connectivity index (χ1n) is 5.68. The van der Waals surface area contributed by atoms with Crippen molar-refractivity contribution in [3.05, 3.63) is 50.7 Å². The molecule has 2 aromatic rings. The van der Waals surface area contributed by atoms with E-state index in [2.05, 4.69) is 5.32 Å². The normalized spacial score (nSPS) is 10.6. The standard InChI is InChI=1S/C13H10ClF2NO2S/c14-10-4-1-7(20-10)5-6-17-9-3-2-8(13(18)19)11(15)12(9)16/h1-4,17H,5-6H2,(H,18,19). The monoisotopic (exact) mass is 317 g/mol. The number of hydrogen-bond donors (Lipinski definition) is 2. The highest BCUT2D eigenvalue weighted by atomic mass is 35.5.